The van der Waals surface area contributed by atoms with E-state index in [2.05, 4.69) is 0 Å². The molecule has 4 bridgehead atoms. The number of methoxy groups -OCH3 is 1. The van der Waals surface area contributed by atoms with Crippen LogP contribution in [0.15, 0.2) is 0 Å². The third-order valence-corrected chi connectivity index (χ3v) is 5.64. The summed E-state index contributed by atoms with van der Waals surface area (Å²) in [5.74, 6) is 2.90. The van der Waals surface area contributed by atoms with Gasteiger partial charge in [-0.3, -0.25) is 0 Å². The van der Waals surface area contributed by atoms with Crippen LogP contribution in [0.2, 0.25) is 0 Å². The van der Waals surface area contributed by atoms with Crippen molar-refractivity contribution in [3.05, 3.63) is 0 Å². The van der Waals surface area contributed by atoms with Crippen LogP contribution in [0.5, 0.6) is 0 Å². The van der Waals surface area contributed by atoms with Gasteiger partial charge in [0.25, 0.3) is 0 Å². The second-order valence-corrected chi connectivity index (χ2v) is 6.61. The predicted octanol–water partition coefficient (Wildman–Crippen LogP) is 2.48. The van der Waals surface area contributed by atoms with Crippen molar-refractivity contribution < 1.29 is 19.2 Å². The van der Waals surface area contributed by atoms with Crippen molar-refractivity contribution in [2.45, 2.75) is 57.2 Å². The summed E-state index contributed by atoms with van der Waals surface area (Å²) in [6, 6.07) is 0. The summed E-state index contributed by atoms with van der Waals surface area (Å²) in [5.41, 5.74) is -0.339. The van der Waals surface area contributed by atoms with Gasteiger partial charge in [0.1, 0.15) is 0 Å². The molecule has 5 aliphatic rings. The topological polar surface area (TPSA) is 36.9 Å². The molecule has 0 amide bonds. The molecule has 1 aliphatic heterocycles. The Labute approximate surface area is 108 Å². The molecule has 1 saturated heterocycles. The summed E-state index contributed by atoms with van der Waals surface area (Å²) < 4.78 is 11.5. The van der Waals surface area contributed by atoms with Gasteiger partial charge < -0.3 is 9.47 Å². The summed E-state index contributed by atoms with van der Waals surface area (Å²) in [5, 5.41) is 0. The van der Waals surface area contributed by atoms with Gasteiger partial charge in [-0.05, 0) is 62.7 Å². The highest BCUT2D eigenvalue weighted by molar-refractivity contribution is 5.09. The van der Waals surface area contributed by atoms with Gasteiger partial charge in [0, 0.05) is 7.11 Å². The maximum absolute atomic E-state index is 5.91. The Bertz CT molecular complexity index is 306. The number of ether oxygens (including phenoxy) is 2. The maximum atomic E-state index is 5.91. The van der Waals surface area contributed by atoms with Gasteiger partial charge >= 0.3 is 0 Å². The standard InChI is InChI=1S/C14H22O4/c1-8-16-13(15-2)14(18-17-8)11-4-9-3-10(6-11)7-12(14)5-9/h8-13H,3-7H2,1-2H3. The lowest BCUT2D eigenvalue weighted by Crippen LogP contribution is -2.68. The van der Waals surface area contributed by atoms with E-state index < -0.39 is 0 Å². The quantitative estimate of drug-likeness (QED) is 0.674. The van der Waals surface area contributed by atoms with E-state index in [1.807, 2.05) is 6.92 Å². The molecular formula is C14H22O4. The van der Waals surface area contributed by atoms with Crippen LogP contribution < -0.4 is 0 Å². The normalized spacial score (nSPS) is 58.3. The summed E-state index contributed by atoms with van der Waals surface area (Å²) in [6.07, 6.45) is 5.86. The van der Waals surface area contributed by atoms with Crippen LogP contribution in [0.25, 0.3) is 0 Å². The minimum Gasteiger partial charge on any atom is -0.353 e. The highest BCUT2D eigenvalue weighted by Crippen LogP contribution is 2.61. The van der Waals surface area contributed by atoms with Crippen molar-refractivity contribution in [2.24, 2.45) is 23.7 Å². The van der Waals surface area contributed by atoms with Crippen LogP contribution in [-0.4, -0.2) is 25.3 Å². The Morgan fingerprint density at radius 3 is 2.17 bits per heavy atom. The molecule has 0 aromatic carbocycles. The van der Waals surface area contributed by atoms with Crippen molar-refractivity contribution in [3.8, 4) is 0 Å². The molecular weight excluding hydrogens is 232 g/mol. The summed E-state index contributed by atoms with van der Waals surface area (Å²) in [7, 11) is 1.72. The van der Waals surface area contributed by atoms with Gasteiger partial charge in [0.15, 0.2) is 18.2 Å². The first-order valence-electron chi connectivity index (χ1n) is 7.25. The first-order chi connectivity index (χ1) is 8.72. The van der Waals surface area contributed by atoms with Gasteiger partial charge in [0.2, 0.25) is 0 Å². The Morgan fingerprint density at radius 1 is 1.00 bits per heavy atom. The molecule has 5 rings (SSSR count). The summed E-state index contributed by atoms with van der Waals surface area (Å²) in [4.78, 5) is 11.3. The van der Waals surface area contributed by atoms with Gasteiger partial charge in [-0.15, -0.1) is 0 Å². The van der Waals surface area contributed by atoms with Crippen LogP contribution in [0.4, 0.5) is 0 Å². The van der Waals surface area contributed by atoms with Gasteiger partial charge in [-0.1, -0.05) is 0 Å². The lowest BCUT2D eigenvalue weighted by Gasteiger charge is -2.62. The lowest BCUT2D eigenvalue weighted by atomic mass is 9.49. The molecule has 4 aliphatic carbocycles. The molecule has 4 nitrogen and oxygen atoms in total. The summed E-state index contributed by atoms with van der Waals surface area (Å²) >= 11 is 0. The minimum atomic E-state index is -0.339. The zero-order valence-corrected chi connectivity index (χ0v) is 11.1. The molecule has 0 N–H and O–H groups in total. The van der Waals surface area contributed by atoms with E-state index in [0.29, 0.717) is 11.8 Å². The number of rotatable bonds is 1. The molecule has 0 aromatic heterocycles. The molecule has 1 heterocycles. The predicted molar refractivity (Wildman–Crippen MR) is 63.3 cm³/mol. The molecule has 0 aromatic rings. The van der Waals surface area contributed by atoms with Gasteiger partial charge in [-0.2, -0.15) is 0 Å². The molecule has 102 valence electrons. The van der Waals surface area contributed by atoms with E-state index in [1.54, 1.807) is 7.11 Å². The molecule has 4 heteroatoms. The Balaban J connectivity index is 1.69. The molecule has 4 saturated carbocycles. The SMILES string of the molecule is COC1OC(C)OOC12C1CC3CC(C1)CC2C3. The molecule has 2 atom stereocenters. The fraction of sp³-hybridized carbons (Fsp3) is 1.00. The third-order valence-electron chi connectivity index (χ3n) is 5.64. The fourth-order valence-electron chi connectivity index (χ4n) is 5.17. The van der Waals surface area contributed by atoms with E-state index in [1.165, 1.54) is 32.1 Å². The van der Waals surface area contributed by atoms with E-state index in [0.717, 1.165) is 11.8 Å². The average molecular weight is 254 g/mol. The smallest absolute Gasteiger partial charge is 0.193 e. The Kier molecular flexibility index (Phi) is 2.54. The lowest BCUT2D eigenvalue weighted by molar-refractivity contribution is -0.537. The average Bonchev–Trinajstić information content (AvgIpc) is 2.36. The minimum absolute atomic E-state index is 0.267. The second kappa shape index (κ2) is 3.92. The van der Waals surface area contributed by atoms with E-state index in [4.69, 9.17) is 19.2 Å². The monoisotopic (exact) mass is 254 g/mol. The van der Waals surface area contributed by atoms with Crippen molar-refractivity contribution >= 4 is 0 Å². The molecule has 2 unspecified atom stereocenters. The van der Waals surface area contributed by atoms with Crippen LogP contribution in [-0.2, 0) is 19.2 Å². The van der Waals surface area contributed by atoms with Crippen LogP contribution >= 0.6 is 0 Å². The van der Waals surface area contributed by atoms with Crippen molar-refractivity contribution in [2.75, 3.05) is 7.11 Å². The summed E-state index contributed by atoms with van der Waals surface area (Å²) in [6.45, 7) is 1.86. The van der Waals surface area contributed by atoms with Gasteiger partial charge in [-0.25, -0.2) is 9.78 Å². The highest BCUT2D eigenvalue weighted by Gasteiger charge is 2.65. The molecule has 1 spiro atoms. The highest BCUT2D eigenvalue weighted by atomic mass is 17.2. The van der Waals surface area contributed by atoms with Crippen molar-refractivity contribution in [1.29, 1.82) is 0 Å². The van der Waals surface area contributed by atoms with E-state index in [-0.39, 0.29) is 18.2 Å². The van der Waals surface area contributed by atoms with Crippen molar-refractivity contribution in [1.82, 2.24) is 0 Å². The molecule has 5 fully saturated rings. The van der Waals surface area contributed by atoms with Crippen molar-refractivity contribution in [3.63, 3.8) is 0 Å². The van der Waals surface area contributed by atoms with Crippen LogP contribution in [0.1, 0.15) is 39.0 Å². The Morgan fingerprint density at radius 2 is 1.61 bits per heavy atom. The van der Waals surface area contributed by atoms with Crippen LogP contribution in [0, 0.1) is 23.7 Å². The van der Waals surface area contributed by atoms with E-state index in [9.17, 15) is 0 Å². The number of hydrogen-bond donors (Lipinski definition) is 0. The largest absolute Gasteiger partial charge is 0.353 e. The zero-order valence-electron chi connectivity index (χ0n) is 11.1. The molecule has 18 heavy (non-hydrogen) atoms. The first-order valence-corrected chi connectivity index (χ1v) is 7.25. The van der Waals surface area contributed by atoms with E-state index >= 15 is 0 Å². The van der Waals surface area contributed by atoms with Crippen LogP contribution in [0.3, 0.4) is 0 Å². The number of hydrogen-bond acceptors (Lipinski definition) is 4. The molecule has 0 radical (unpaired) electrons. The first kappa shape index (κ1) is 11.6. The third kappa shape index (κ3) is 1.40. The van der Waals surface area contributed by atoms with Gasteiger partial charge in [0.05, 0.1) is 0 Å². The Hall–Kier alpha value is -0.160. The fourth-order valence-corrected chi connectivity index (χ4v) is 5.17. The second-order valence-electron chi connectivity index (χ2n) is 6.61. The maximum Gasteiger partial charge on any atom is 0.193 e. The zero-order chi connectivity index (χ0) is 12.3.